The molecule has 29 heavy (non-hydrogen) atoms. The number of non-ortho nitro benzene ring substituents is 1. The second-order valence-corrected chi connectivity index (χ2v) is 7.17. The Labute approximate surface area is 167 Å². The summed E-state index contributed by atoms with van der Waals surface area (Å²) in [6, 6.07) is 10.4. The molecule has 8 heteroatoms. The molecule has 0 aliphatic carbocycles. The van der Waals surface area contributed by atoms with Crippen molar-refractivity contribution in [2.24, 2.45) is 5.92 Å². The summed E-state index contributed by atoms with van der Waals surface area (Å²) in [6.07, 6.45) is 2.69. The molecule has 1 fully saturated rings. The van der Waals surface area contributed by atoms with Crippen LogP contribution in [0.1, 0.15) is 40.0 Å². The van der Waals surface area contributed by atoms with Crippen molar-refractivity contribution in [1.82, 2.24) is 4.90 Å². The first kappa shape index (κ1) is 19.1. The second-order valence-electron chi connectivity index (χ2n) is 7.17. The molecule has 0 bridgehead atoms. The molecule has 0 aromatic heterocycles. The van der Waals surface area contributed by atoms with Crippen LogP contribution in [0.15, 0.2) is 42.5 Å². The van der Waals surface area contributed by atoms with Gasteiger partial charge in [-0.05, 0) is 55.5 Å². The van der Waals surface area contributed by atoms with Crippen LogP contribution in [-0.2, 0) is 4.74 Å². The highest BCUT2D eigenvalue weighted by Gasteiger charge is 2.36. The number of ether oxygens (including phenoxy) is 2. The number of carbonyl (C=O) groups is 2. The highest BCUT2D eigenvalue weighted by atomic mass is 16.6. The maximum Gasteiger partial charge on any atom is 0.269 e. The van der Waals surface area contributed by atoms with Gasteiger partial charge in [0.1, 0.15) is 11.5 Å². The Morgan fingerprint density at radius 3 is 2.34 bits per heavy atom. The van der Waals surface area contributed by atoms with Crippen LogP contribution in [0.25, 0.3) is 0 Å². The van der Waals surface area contributed by atoms with Crippen molar-refractivity contribution in [1.29, 1.82) is 0 Å². The Hall–Kier alpha value is -3.26. The molecule has 2 heterocycles. The SMILES string of the molecule is O=C1c2ccc(Oc3ccc([N+](=O)[O-])cc3)cc2C(=O)N1CCC1CCOCC1. The quantitative estimate of drug-likeness (QED) is 0.418. The van der Waals surface area contributed by atoms with Gasteiger partial charge in [-0.15, -0.1) is 0 Å². The summed E-state index contributed by atoms with van der Waals surface area (Å²) in [5.41, 5.74) is 0.659. The topological polar surface area (TPSA) is 99.0 Å². The van der Waals surface area contributed by atoms with Gasteiger partial charge in [-0.3, -0.25) is 24.6 Å². The average molecular weight is 396 g/mol. The fourth-order valence-corrected chi connectivity index (χ4v) is 3.66. The zero-order chi connectivity index (χ0) is 20.4. The van der Waals surface area contributed by atoms with Gasteiger partial charge in [-0.2, -0.15) is 0 Å². The Balaban J connectivity index is 1.45. The summed E-state index contributed by atoms with van der Waals surface area (Å²) in [6.45, 7) is 1.86. The minimum atomic E-state index is -0.488. The molecule has 0 unspecified atom stereocenters. The van der Waals surface area contributed by atoms with E-state index < -0.39 is 4.92 Å². The maximum atomic E-state index is 12.8. The third-order valence-corrected chi connectivity index (χ3v) is 5.33. The van der Waals surface area contributed by atoms with E-state index in [9.17, 15) is 19.7 Å². The van der Waals surface area contributed by atoms with E-state index in [4.69, 9.17) is 9.47 Å². The standard InChI is InChI=1S/C21H20N2O6/c24-20-18-6-5-17(29-16-3-1-15(2-4-16)23(26)27)13-19(18)21(25)22(20)10-7-14-8-11-28-12-9-14/h1-6,13-14H,7-12H2. The van der Waals surface area contributed by atoms with Crippen LogP contribution in [0.3, 0.4) is 0 Å². The number of nitro benzene ring substituents is 1. The highest BCUT2D eigenvalue weighted by molar-refractivity contribution is 6.21. The first-order chi connectivity index (χ1) is 14.0. The molecule has 2 aliphatic heterocycles. The normalized spacial score (nSPS) is 16.8. The molecule has 8 nitrogen and oxygen atoms in total. The smallest absolute Gasteiger partial charge is 0.269 e. The van der Waals surface area contributed by atoms with Crippen molar-refractivity contribution < 1.29 is 24.0 Å². The van der Waals surface area contributed by atoms with E-state index in [-0.39, 0.29) is 17.5 Å². The van der Waals surface area contributed by atoms with Gasteiger partial charge in [0.25, 0.3) is 17.5 Å². The minimum absolute atomic E-state index is 0.0350. The summed E-state index contributed by atoms with van der Waals surface area (Å²) in [5, 5.41) is 10.7. The average Bonchev–Trinajstić information content (AvgIpc) is 2.97. The zero-order valence-electron chi connectivity index (χ0n) is 15.7. The number of fused-ring (bicyclic) bond motifs is 1. The third kappa shape index (κ3) is 3.97. The number of nitro groups is 1. The van der Waals surface area contributed by atoms with E-state index in [1.807, 2.05) is 0 Å². The van der Waals surface area contributed by atoms with Crippen LogP contribution in [0.2, 0.25) is 0 Å². The van der Waals surface area contributed by atoms with Crippen molar-refractivity contribution in [2.45, 2.75) is 19.3 Å². The van der Waals surface area contributed by atoms with Crippen LogP contribution < -0.4 is 4.74 Å². The molecule has 0 spiro atoms. The monoisotopic (exact) mass is 396 g/mol. The molecular formula is C21H20N2O6. The van der Waals surface area contributed by atoms with Crippen molar-refractivity contribution in [3.63, 3.8) is 0 Å². The molecular weight excluding hydrogens is 376 g/mol. The van der Waals surface area contributed by atoms with Crippen molar-refractivity contribution >= 4 is 17.5 Å². The summed E-state index contributed by atoms with van der Waals surface area (Å²) in [5.74, 6) is 0.674. The van der Waals surface area contributed by atoms with E-state index in [0.29, 0.717) is 35.1 Å². The van der Waals surface area contributed by atoms with Gasteiger partial charge >= 0.3 is 0 Å². The molecule has 2 aliphatic rings. The van der Waals surface area contributed by atoms with E-state index in [2.05, 4.69) is 0 Å². The number of imide groups is 1. The second kappa shape index (κ2) is 8.00. The lowest BCUT2D eigenvalue weighted by atomic mass is 9.96. The molecule has 2 amide bonds. The molecule has 0 radical (unpaired) electrons. The Bertz CT molecular complexity index is 950. The van der Waals surface area contributed by atoms with Crippen LogP contribution in [0.4, 0.5) is 5.69 Å². The molecule has 1 saturated heterocycles. The Kier molecular flexibility index (Phi) is 5.26. The van der Waals surface area contributed by atoms with E-state index >= 15 is 0 Å². The maximum absolute atomic E-state index is 12.8. The molecule has 0 N–H and O–H groups in total. The van der Waals surface area contributed by atoms with Gasteiger partial charge in [0, 0.05) is 31.9 Å². The first-order valence-corrected chi connectivity index (χ1v) is 9.53. The van der Waals surface area contributed by atoms with Crippen LogP contribution in [0.5, 0.6) is 11.5 Å². The summed E-state index contributed by atoms with van der Waals surface area (Å²) in [7, 11) is 0. The molecule has 150 valence electrons. The molecule has 2 aromatic carbocycles. The highest BCUT2D eigenvalue weighted by Crippen LogP contribution is 2.31. The number of amides is 2. The molecule has 2 aromatic rings. The van der Waals surface area contributed by atoms with Crippen LogP contribution >= 0.6 is 0 Å². The largest absolute Gasteiger partial charge is 0.457 e. The number of hydrogen-bond donors (Lipinski definition) is 0. The van der Waals surface area contributed by atoms with E-state index in [0.717, 1.165) is 32.5 Å². The summed E-state index contributed by atoms with van der Waals surface area (Å²) < 4.78 is 11.0. The number of carbonyl (C=O) groups excluding carboxylic acids is 2. The lowest BCUT2D eigenvalue weighted by Gasteiger charge is -2.23. The number of hydrogen-bond acceptors (Lipinski definition) is 6. The first-order valence-electron chi connectivity index (χ1n) is 9.53. The van der Waals surface area contributed by atoms with Gasteiger partial charge in [0.05, 0.1) is 16.1 Å². The molecule has 4 rings (SSSR count). The summed E-state index contributed by atoms with van der Waals surface area (Å²) in [4.78, 5) is 36.9. The fourth-order valence-electron chi connectivity index (χ4n) is 3.66. The fraction of sp³-hybridized carbons (Fsp3) is 0.333. The third-order valence-electron chi connectivity index (χ3n) is 5.33. The van der Waals surface area contributed by atoms with Gasteiger partial charge in [0.15, 0.2) is 0 Å². The number of benzene rings is 2. The summed E-state index contributed by atoms with van der Waals surface area (Å²) >= 11 is 0. The molecule has 0 saturated carbocycles. The lowest BCUT2D eigenvalue weighted by Crippen LogP contribution is -2.32. The van der Waals surface area contributed by atoms with Crippen molar-refractivity contribution in [3.8, 4) is 11.5 Å². The van der Waals surface area contributed by atoms with Gasteiger partial charge < -0.3 is 9.47 Å². The van der Waals surface area contributed by atoms with Crippen LogP contribution in [0, 0.1) is 16.0 Å². The predicted octanol–water partition coefficient (Wildman–Crippen LogP) is 3.80. The zero-order valence-corrected chi connectivity index (χ0v) is 15.7. The van der Waals surface area contributed by atoms with Gasteiger partial charge in [-0.25, -0.2) is 0 Å². The van der Waals surface area contributed by atoms with E-state index in [1.54, 1.807) is 18.2 Å². The van der Waals surface area contributed by atoms with Gasteiger partial charge in [-0.1, -0.05) is 0 Å². The van der Waals surface area contributed by atoms with Gasteiger partial charge in [0.2, 0.25) is 0 Å². The van der Waals surface area contributed by atoms with Crippen LogP contribution in [-0.4, -0.2) is 41.4 Å². The minimum Gasteiger partial charge on any atom is -0.457 e. The number of rotatable bonds is 6. The number of nitrogens with zero attached hydrogens (tertiary/aromatic N) is 2. The van der Waals surface area contributed by atoms with Crippen molar-refractivity contribution in [3.05, 3.63) is 63.7 Å². The molecule has 0 atom stereocenters. The lowest BCUT2D eigenvalue weighted by molar-refractivity contribution is -0.384. The van der Waals surface area contributed by atoms with E-state index in [1.165, 1.54) is 29.2 Å². The predicted molar refractivity (Wildman–Crippen MR) is 103 cm³/mol. The van der Waals surface area contributed by atoms with Crippen molar-refractivity contribution in [2.75, 3.05) is 19.8 Å². The Morgan fingerprint density at radius 1 is 1.00 bits per heavy atom. The Morgan fingerprint density at radius 2 is 1.66 bits per heavy atom.